The average Bonchev–Trinajstić information content (AvgIpc) is 1.91. The molecule has 2 heteroatoms. The predicted molar refractivity (Wildman–Crippen MR) is 36.8 cm³/mol. The standard InChI is InChI=1S/C8H10N.ClH/c1-2-6-9-7-4-3-5-8-9;/h2-5,7-8H,1,6H2;1H/q+1;/p-1. The highest BCUT2D eigenvalue weighted by Crippen LogP contribution is 1.75. The molecule has 1 aromatic rings. The summed E-state index contributed by atoms with van der Waals surface area (Å²) >= 11 is 0. The van der Waals surface area contributed by atoms with Crippen LogP contribution in [0.2, 0.25) is 0 Å². The zero-order valence-corrected chi connectivity index (χ0v) is 6.46. The van der Waals surface area contributed by atoms with E-state index in [0.717, 1.165) is 6.54 Å². The normalized spacial score (nSPS) is 8.00. The Labute approximate surface area is 67.4 Å². The second-order valence-corrected chi connectivity index (χ2v) is 1.86. The van der Waals surface area contributed by atoms with Gasteiger partial charge in [-0.25, -0.2) is 4.57 Å². The molecule has 10 heavy (non-hydrogen) atoms. The van der Waals surface area contributed by atoms with Gasteiger partial charge in [0.05, 0.1) is 0 Å². The van der Waals surface area contributed by atoms with E-state index in [2.05, 4.69) is 11.1 Å². The van der Waals surface area contributed by atoms with E-state index in [0.29, 0.717) is 0 Å². The first-order chi connectivity index (χ1) is 4.43. The van der Waals surface area contributed by atoms with E-state index in [4.69, 9.17) is 0 Å². The van der Waals surface area contributed by atoms with E-state index < -0.39 is 0 Å². The summed E-state index contributed by atoms with van der Waals surface area (Å²) in [6.07, 6.45) is 5.91. The number of allylic oxidation sites excluding steroid dienone is 1. The van der Waals surface area contributed by atoms with Crippen molar-refractivity contribution >= 4 is 0 Å². The minimum atomic E-state index is 0. The largest absolute Gasteiger partial charge is 1.00 e. The highest BCUT2D eigenvalue weighted by molar-refractivity contribution is 4.83. The van der Waals surface area contributed by atoms with Crippen molar-refractivity contribution in [2.24, 2.45) is 0 Å². The monoisotopic (exact) mass is 155 g/mol. The summed E-state index contributed by atoms with van der Waals surface area (Å²) in [6, 6.07) is 6.01. The zero-order chi connectivity index (χ0) is 6.53. The topological polar surface area (TPSA) is 3.88 Å². The van der Waals surface area contributed by atoms with E-state index in [1.165, 1.54) is 0 Å². The number of hydrogen-bond acceptors (Lipinski definition) is 0. The molecule has 0 radical (unpaired) electrons. The van der Waals surface area contributed by atoms with Crippen LogP contribution in [0, 0.1) is 0 Å². The van der Waals surface area contributed by atoms with Gasteiger partial charge in [0.1, 0.15) is 0 Å². The molecule has 0 aromatic carbocycles. The molecule has 0 unspecified atom stereocenters. The van der Waals surface area contributed by atoms with Crippen LogP contribution >= 0.6 is 0 Å². The van der Waals surface area contributed by atoms with E-state index in [9.17, 15) is 0 Å². The molecule has 0 spiro atoms. The Balaban J connectivity index is 0.000000810. The SMILES string of the molecule is C=CC[n+]1ccccc1.[Cl-]. The summed E-state index contributed by atoms with van der Waals surface area (Å²) in [6.45, 7) is 4.52. The quantitative estimate of drug-likeness (QED) is 0.349. The first kappa shape index (κ1) is 9.18. The molecular weight excluding hydrogens is 146 g/mol. The Bertz CT molecular complexity index is 184. The van der Waals surface area contributed by atoms with Crippen LogP contribution in [0.25, 0.3) is 0 Å². The third-order valence-electron chi connectivity index (χ3n) is 1.12. The van der Waals surface area contributed by atoms with Gasteiger partial charge in [0, 0.05) is 12.1 Å². The summed E-state index contributed by atoms with van der Waals surface area (Å²) in [5.41, 5.74) is 0. The maximum absolute atomic E-state index is 3.64. The molecule has 1 rings (SSSR count). The van der Waals surface area contributed by atoms with Gasteiger partial charge in [-0.2, -0.15) is 0 Å². The Hall–Kier alpha value is -0.820. The van der Waals surface area contributed by atoms with Crippen LogP contribution in [0.5, 0.6) is 0 Å². The van der Waals surface area contributed by atoms with Gasteiger partial charge in [-0.05, 0) is 6.08 Å². The van der Waals surface area contributed by atoms with Crippen molar-refractivity contribution in [1.29, 1.82) is 0 Å². The fourth-order valence-electron chi connectivity index (χ4n) is 0.705. The van der Waals surface area contributed by atoms with Crippen molar-refractivity contribution in [1.82, 2.24) is 0 Å². The minimum Gasteiger partial charge on any atom is -1.00 e. The molecule has 0 saturated carbocycles. The molecule has 1 aromatic heterocycles. The molecule has 0 aliphatic rings. The number of hydrogen-bond donors (Lipinski definition) is 0. The van der Waals surface area contributed by atoms with Gasteiger partial charge >= 0.3 is 0 Å². The second-order valence-electron chi connectivity index (χ2n) is 1.86. The van der Waals surface area contributed by atoms with Crippen LogP contribution in [-0.2, 0) is 6.54 Å². The highest BCUT2D eigenvalue weighted by Gasteiger charge is 1.88. The minimum absolute atomic E-state index is 0. The molecule has 0 aliphatic heterocycles. The number of nitrogens with zero attached hydrogens (tertiary/aromatic N) is 1. The lowest BCUT2D eigenvalue weighted by atomic mass is 10.5. The highest BCUT2D eigenvalue weighted by atomic mass is 35.5. The van der Waals surface area contributed by atoms with Crippen LogP contribution < -0.4 is 17.0 Å². The Morgan fingerprint density at radius 3 is 2.30 bits per heavy atom. The summed E-state index contributed by atoms with van der Waals surface area (Å²) in [5.74, 6) is 0. The first-order valence-electron chi connectivity index (χ1n) is 2.98. The summed E-state index contributed by atoms with van der Waals surface area (Å²) in [4.78, 5) is 0. The molecule has 0 aliphatic carbocycles. The maximum Gasteiger partial charge on any atom is 0.169 e. The Morgan fingerprint density at radius 1 is 1.20 bits per heavy atom. The Kier molecular flexibility index (Phi) is 4.59. The lowest BCUT2D eigenvalue weighted by Crippen LogP contribution is -3.00. The maximum atomic E-state index is 3.64. The fraction of sp³-hybridized carbons (Fsp3) is 0.125. The lowest BCUT2D eigenvalue weighted by molar-refractivity contribution is -0.687. The van der Waals surface area contributed by atoms with Crippen LogP contribution in [0.1, 0.15) is 0 Å². The molecule has 0 N–H and O–H groups in total. The molecule has 0 bridgehead atoms. The van der Waals surface area contributed by atoms with Crippen molar-refractivity contribution in [2.45, 2.75) is 6.54 Å². The van der Waals surface area contributed by atoms with E-state index in [1.807, 2.05) is 36.7 Å². The predicted octanol–water partition coefficient (Wildman–Crippen LogP) is -1.84. The van der Waals surface area contributed by atoms with Gasteiger partial charge in [0.25, 0.3) is 0 Å². The van der Waals surface area contributed by atoms with Crippen molar-refractivity contribution < 1.29 is 17.0 Å². The Morgan fingerprint density at radius 2 is 1.80 bits per heavy atom. The lowest BCUT2D eigenvalue weighted by Gasteiger charge is -1.86. The molecular formula is C8H10ClN. The molecule has 0 saturated heterocycles. The van der Waals surface area contributed by atoms with E-state index in [1.54, 1.807) is 0 Å². The van der Waals surface area contributed by atoms with Gasteiger partial charge in [-0.15, -0.1) is 0 Å². The van der Waals surface area contributed by atoms with Gasteiger partial charge in [-0.1, -0.05) is 12.6 Å². The van der Waals surface area contributed by atoms with Crippen molar-refractivity contribution in [3.05, 3.63) is 43.2 Å². The van der Waals surface area contributed by atoms with Crippen LogP contribution in [0.3, 0.4) is 0 Å². The first-order valence-corrected chi connectivity index (χ1v) is 2.98. The van der Waals surface area contributed by atoms with Crippen molar-refractivity contribution in [3.63, 3.8) is 0 Å². The average molecular weight is 156 g/mol. The smallest absolute Gasteiger partial charge is 0.169 e. The molecule has 0 atom stereocenters. The van der Waals surface area contributed by atoms with Crippen molar-refractivity contribution in [3.8, 4) is 0 Å². The molecule has 54 valence electrons. The third kappa shape index (κ3) is 2.65. The zero-order valence-electron chi connectivity index (χ0n) is 5.70. The van der Waals surface area contributed by atoms with Crippen LogP contribution in [-0.4, -0.2) is 0 Å². The van der Waals surface area contributed by atoms with Crippen molar-refractivity contribution in [2.75, 3.05) is 0 Å². The number of halogens is 1. The van der Waals surface area contributed by atoms with Gasteiger partial charge < -0.3 is 12.4 Å². The summed E-state index contributed by atoms with van der Waals surface area (Å²) in [7, 11) is 0. The second kappa shape index (κ2) is 5.00. The summed E-state index contributed by atoms with van der Waals surface area (Å²) < 4.78 is 2.06. The van der Waals surface area contributed by atoms with Gasteiger partial charge in [0.15, 0.2) is 18.9 Å². The fourth-order valence-corrected chi connectivity index (χ4v) is 0.705. The summed E-state index contributed by atoms with van der Waals surface area (Å²) in [5, 5.41) is 0. The number of rotatable bonds is 2. The van der Waals surface area contributed by atoms with E-state index in [-0.39, 0.29) is 12.4 Å². The number of pyridine rings is 1. The third-order valence-corrected chi connectivity index (χ3v) is 1.12. The number of aromatic nitrogens is 1. The van der Waals surface area contributed by atoms with Gasteiger partial charge in [0.2, 0.25) is 0 Å². The van der Waals surface area contributed by atoms with Crippen LogP contribution in [0.4, 0.5) is 0 Å². The molecule has 1 nitrogen and oxygen atoms in total. The van der Waals surface area contributed by atoms with Gasteiger partial charge in [-0.3, -0.25) is 0 Å². The molecule has 1 heterocycles. The van der Waals surface area contributed by atoms with E-state index >= 15 is 0 Å². The molecule has 0 amide bonds. The van der Waals surface area contributed by atoms with Crippen LogP contribution in [0.15, 0.2) is 43.2 Å². The molecule has 0 fully saturated rings.